The molecule has 0 aliphatic carbocycles. The van der Waals surface area contributed by atoms with Crippen molar-refractivity contribution in [1.82, 2.24) is 9.55 Å². The highest BCUT2D eigenvalue weighted by molar-refractivity contribution is 9.10. The molecule has 3 aromatic rings. The molecule has 0 bridgehead atoms. The number of rotatable bonds is 2. The highest BCUT2D eigenvalue weighted by Gasteiger charge is 2.18. The molecule has 2 nitrogen and oxygen atoms in total. The van der Waals surface area contributed by atoms with E-state index >= 15 is 0 Å². The predicted octanol–water partition coefficient (Wildman–Crippen LogP) is 5.46. The van der Waals surface area contributed by atoms with Crippen LogP contribution < -0.4 is 0 Å². The summed E-state index contributed by atoms with van der Waals surface area (Å²) in [4.78, 5) is 4.33. The molecule has 2 aromatic carbocycles. The monoisotopic (exact) mass is 390 g/mol. The molecule has 0 amide bonds. The number of para-hydroxylation sites is 1. The minimum atomic E-state index is -0.721. The molecular formula is C14H7BrCl2F2N2. The van der Waals surface area contributed by atoms with E-state index in [1.54, 1.807) is 18.2 Å². The van der Waals surface area contributed by atoms with Crippen molar-refractivity contribution in [3.05, 3.63) is 57.3 Å². The molecule has 0 atom stereocenters. The van der Waals surface area contributed by atoms with E-state index in [9.17, 15) is 8.78 Å². The van der Waals surface area contributed by atoms with E-state index in [2.05, 4.69) is 20.9 Å². The maximum absolute atomic E-state index is 14.2. The summed E-state index contributed by atoms with van der Waals surface area (Å²) < 4.78 is 29.2. The second kappa shape index (κ2) is 5.55. The van der Waals surface area contributed by atoms with Crippen LogP contribution in [0.15, 0.2) is 34.8 Å². The Hall–Kier alpha value is -1.17. The Morgan fingerprint density at radius 2 is 1.95 bits per heavy atom. The average Bonchev–Trinajstić information content (AvgIpc) is 2.82. The third-order valence-electron chi connectivity index (χ3n) is 3.05. The first-order valence-electron chi connectivity index (χ1n) is 5.89. The second-order valence-corrected chi connectivity index (χ2v) is 5.85. The largest absolute Gasteiger partial charge is 0.291 e. The molecule has 0 radical (unpaired) electrons. The van der Waals surface area contributed by atoms with Gasteiger partial charge in [0.15, 0.2) is 0 Å². The Bertz CT molecular complexity index is 849. The van der Waals surface area contributed by atoms with Gasteiger partial charge in [0, 0.05) is 6.07 Å². The van der Waals surface area contributed by atoms with Crippen LogP contribution in [-0.2, 0) is 5.88 Å². The Morgan fingerprint density at radius 1 is 1.19 bits per heavy atom. The number of benzene rings is 2. The smallest absolute Gasteiger partial charge is 0.150 e. The Kier molecular flexibility index (Phi) is 3.90. The number of fused-ring (bicyclic) bond motifs is 1. The summed E-state index contributed by atoms with van der Waals surface area (Å²) in [6.45, 7) is 0. The zero-order valence-corrected chi connectivity index (χ0v) is 13.5. The van der Waals surface area contributed by atoms with Gasteiger partial charge in [0.05, 0.1) is 32.1 Å². The standard InChI is InChI=1S/C14H7BrCl2F2N2/c15-7-4-12(10(19)5-9(7)18)21-13(6-16)20-11-3-1-2-8(17)14(11)21/h1-5H,6H2. The summed E-state index contributed by atoms with van der Waals surface area (Å²) in [5.41, 5.74) is 1.26. The number of hydrogen-bond donors (Lipinski definition) is 0. The van der Waals surface area contributed by atoms with Gasteiger partial charge in [-0.3, -0.25) is 4.57 Å². The molecule has 1 aromatic heterocycles. The van der Waals surface area contributed by atoms with Crippen LogP contribution in [0.2, 0.25) is 5.02 Å². The van der Waals surface area contributed by atoms with Gasteiger partial charge >= 0.3 is 0 Å². The lowest BCUT2D eigenvalue weighted by atomic mass is 10.2. The van der Waals surface area contributed by atoms with Gasteiger partial charge in [-0.25, -0.2) is 13.8 Å². The number of nitrogens with zero attached hydrogens (tertiary/aromatic N) is 2. The fraction of sp³-hybridized carbons (Fsp3) is 0.0714. The van der Waals surface area contributed by atoms with E-state index in [-0.39, 0.29) is 16.0 Å². The molecule has 0 aliphatic rings. The van der Waals surface area contributed by atoms with Gasteiger partial charge in [0.2, 0.25) is 0 Å². The lowest BCUT2D eigenvalue weighted by Gasteiger charge is -2.11. The first-order valence-corrected chi connectivity index (χ1v) is 7.60. The molecule has 3 rings (SSSR count). The van der Waals surface area contributed by atoms with E-state index < -0.39 is 11.6 Å². The number of alkyl halides is 1. The molecule has 0 N–H and O–H groups in total. The van der Waals surface area contributed by atoms with Crippen molar-refractivity contribution in [2.75, 3.05) is 0 Å². The Morgan fingerprint density at radius 3 is 2.67 bits per heavy atom. The number of aromatic nitrogens is 2. The third-order valence-corrected chi connectivity index (χ3v) is 4.20. The summed E-state index contributed by atoms with van der Waals surface area (Å²) in [6.07, 6.45) is 0. The zero-order chi connectivity index (χ0) is 15.1. The lowest BCUT2D eigenvalue weighted by molar-refractivity contribution is 0.573. The number of halogens is 5. The van der Waals surface area contributed by atoms with Crippen molar-refractivity contribution in [1.29, 1.82) is 0 Å². The minimum Gasteiger partial charge on any atom is -0.291 e. The van der Waals surface area contributed by atoms with Crippen LogP contribution in [0, 0.1) is 11.6 Å². The Balaban J connectivity index is 2.41. The SMILES string of the molecule is Fc1cc(F)c(-n2c(CCl)nc3cccc(Cl)c32)cc1Br. The second-order valence-electron chi connectivity index (χ2n) is 4.32. The van der Waals surface area contributed by atoms with Gasteiger partial charge in [0.1, 0.15) is 17.5 Å². The van der Waals surface area contributed by atoms with Gasteiger partial charge < -0.3 is 0 Å². The van der Waals surface area contributed by atoms with Crippen molar-refractivity contribution in [2.45, 2.75) is 5.88 Å². The van der Waals surface area contributed by atoms with Crippen LogP contribution >= 0.6 is 39.1 Å². The van der Waals surface area contributed by atoms with E-state index in [1.807, 2.05) is 0 Å². The maximum Gasteiger partial charge on any atom is 0.150 e. The van der Waals surface area contributed by atoms with Crippen LogP contribution in [-0.4, -0.2) is 9.55 Å². The van der Waals surface area contributed by atoms with Crippen LogP contribution in [0.25, 0.3) is 16.7 Å². The number of imidazole rings is 1. The van der Waals surface area contributed by atoms with Gasteiger partial charge in [0.25, 0.3) is 0 Å². The van der Waals surface area contributed by atoms with Crippen molar-refractivity contribution < 1.29 is 8.78 Å². The van der Waals surface area contributed by atoms with Crippen molar-refractivity contribution >= 4 is 50.2 Å². The molecule has 0 spiro atoms. The summed E-state index contributed by atoms with van der Waals surface area (Å²) in [5, 5.41) is 0.413. The first kappa shape index (κ1) is 14.8. The summed E-state index contributed by atoms with van der Waals surface area (Å²) in [6, 6.07) is 7.32. The topological polar surface area (TPSA) is 17.8 Å². The summed E-state index contributed by atoms with van der Waals surface area (Å²) in [5.74, 6) is -0.906. The molecule has 1 heterocycles. The normalized spacial score (nSPS) is 11.3. The lowest BCUT2D eigenvalue weighted by Crippen LogP contribution is -2.03. The first-order chi connectivity index (χ1) is 10.0. The fourth-order valence-corrected chi connectivity index (χ4v) is 2.93. The third kappa shape index (κ3) is 2.43. The van der Waals surface area contributed by atoms with E-state index in [0.29, 0.717) is 21.9 Å². The minimum absolute atomic E-state index is 0.0689. The molecular weight excluding hydrogens is 385 g/mol. The molecule has 0 saturated carbocycles. The highest BCUT2D eigenvalue weighted by atomic mass is 79.9. The van der Waals surface area contributed by atoms with Gasteiger partial charge in [-0.15, -0.1) is 11.6 Å². The molecule has 7 heteroatoms. The fourth-order valence-electron chi connectivity index (χ4n) is 2.17. The molecule has 0 unspecified atom stereocenters. The van der Waals surface area contributed by atoms with Crippen molar-refractivity contribution in [2.24, 2.45) is 0 Å². The molecule has 21 heavy (non-hydrogen) atoms. The molecule has 108 valence electrons. The summed E-state index contributed by atoms with van der Waals surface area (Å²) >= 11 is 15.1. The van der Waals surface area contributed by atoms with E-state index in [0.717, 1.165) is 6.07 Å². The van der Waals surface area contributed by atoms with Crippen LogP contribution in [0.4, 0.5) is 8.78 Å². The van der Waals surface area contributed by atoms with Gasteiger partial charge in [-0.1, -0.05) is 17.7 Å². The summed E-state index contributed by atoms with van der Waals surface area (Å²) in [7, 11) is 0. The van der Waals surface area contributed by atoms with Crippen LogP contribution in [0.5, 0.6) is 0 Å². The maximum atomic E-state index is 14.2. The molecule has 0 saturated heterocycles. The number of hydrogen-bond acceptors (Lipinski definition) is 1. The quantitative estimate of drug-likeness (QED) is 0.419. The van der Waals surface area contributed by atoms with E-state index in [4.69, 9.17) is 23.2 Å². The molecule has 0 aliphatic heterocycles. The average molecular weight is 392 g/mol. The van der Waals surface area contributed by atoms with Crippen molar-refractivity contribution in [3.8, 4) is 5.69 Å². The predicted molar refractivity (Wildman–Crippen MR) is 83.3 cm³/mol. The van der Waals surface area contributed by atoms with Gasteiger partial charge in [-0.2, -0.15) is 0 Å². The van der Waals surface area contributed by atoms with E-state index in [1.165, 1.54) is 10.6 Å². The van der Waals surface area contributed by atoms with Crippen LogP contribution in [0.1, 0.15) is 5.82 Å². The van der Waals surface area contributed by atoms with Gasteiger partial charge in [-0.05, 0) is 34.1 Å². The molecule has 0 fully saturated rings. The van der Waals surface area contributed by atoms with Crippen molar-refractivity contribution in [3.63, 3.8) is 0 Å². The highest BCUT2D eigenvalue weighted by Crippen LogP contribution is 2.31. The Labute approximate surface area is 137 Å². The zero-order valence-electron chi connectivity index (χ0n) is 10.4. The van der Waals surface area contributed by atoms with Crippen LogP contribution in [0.3, 0.4) is 0 Å².